The molecule has 0 saturated carbocycles. The second kappa shape index (κ2) is 6.59. The molecule has 0 radical (unpaired) electrons. The van der Waals surface area contributed by atoms with Crippen molar-refractivity contribution < 1.29 is 4.79 Å². The quantitative estimate of drug-likeness (QED) is 0.773. The Morgan fingerprint density at radius 1 is 1.15 bits per heavy atom. The minimum absolute atomic E-state index is 0.192. The molecule has 0 aliphatic rings. The number of hydrogen-bond acceptors (Lipinski definition) is 4. The Kier molecular flexibility index (Phi) is 4.46. The van der Waals surface area contributed by atoms with Gasteiger partial charge in [0.05, 0.1) is 17.0 Å². The molecule has 0 fully saturated rings. The molecule has 1 atom stereocenters. The number of amides is 1. The molecule has 3 rings (SSSR count). The Morgan fingerprint density at radius 2 is 1.85 bits per heavy atom. The zero-order valence-corrected chi connectivity index (χ0v) is 15.1. The highest BCUT2D eigenvalue weighted by Gasteiger charge is 2.16. The van der Waals surface area contributed by atoms with Crippen molar-refractivity contribution in [3.8, 4) is 0 Å². The fraction of sp³-hybridized carbons (Fsp3) is 0.263. The molecule has 7 nitrogen and oxygen atoms in total. The first-order valence-electron chi connectivity index (χ1n) is 8.23. The summed E-state index contributed by atoms with van der Waals surface area (Å²) in [5.74, 6) is -0.328. The lowest BCUT2D eigenvalue weighted by Gasteiger charge is -2.16. The van der Waals surface area contributed by atoms with Gasteiger partial charge in [-0.1, -0.05) is 24.3 Å². The third-order valence-corrected chi connectivity index (χ3v) is 4.56. The molecule has 0 bridgehead atoms. The summed E-state index contributed by atoms with van der Waals surface area (Å²) in [7, 11) is 2.94. The van der Waals surface area contributed by atoms with Crippen LogP contribution in [0.3, 0.4) is 0 Å². The van der Waals surface area contributed by atoms with E-state index < -0.39 is 11.2 Å². The van der Waals surface area contributed by atoms with Crippen LogP contribution in [0.1, 0.15) is 34.5 Å². The third-order valence-electron chi connectivity index (χ3n) is 4.56. The van der Waals surface area contributed by atoms with Crippen LogP contribution in [0.15, 0.2) is 46.1 Å². The lowest BCUT2D eigenvalue weighted by molar-refractivity contribution is 0.0939. The fourth-order valence-electron chi connectivity index (χ4n) is 3.02. The van der Waals surface area contributed by atoms with Gasteiger partial charge in [0.1, 0.15) is 5.65 Å². The predicted octanol–water partition coefficient (Wildman–Crippen LogP) is 1.43. The van der Waals surface area contributed by atoms with Crippen LogP contribution >= 0.6 is 0 Å². The van der Waals surface area contributed by atoms with Crippen molar-refractivity contribution in [2.24, 2.45) is 14.1 Å². The summed E-state index contributed by atoms with van der Waals surface area (Å²) in [6.07, 6.45) is 1.38. The first kappa shape index (κ1) is 17.6. The number of aryl methyl sites for hydroxylation is 2. The third kappa shape index (κ3) is 2.92. The maximum absolute atomic E-state index is 12.6. The molecule has 2 aromatic heterocycles. The van der Waals surface area contributed by atoms with Gasteiger partial charge in [0, 0.05) is 20.3 Å². The van der Waals surface area contributed by atoms with Crippen molar-refractivity contribution in [3.05, 3.63) is 74.1 Å². The molecule has 1 amide bonds. The average Bonchev–Trinajstić information content (AvgIpc) is 2.64. The standard InChI is InChI=1S/C19H20N4O3/c1-11-7-5-6-8-14(11)12(2)21-17(24)13-9-15-16(20-10-13)22(3)19(26)23(4)18(15)25/h5-10,12H,1-4H3,(H,21,24). The van der Waals surface area contributed by atoms with E-state index >= 15 is 0 Å². The van der Waals surface area contributed by atoms with Crippen molar-refractivity contribution in [2.45, 2.75) is 19.9 Å². The summed E-state index contributed by atoms with van der Waals surface area (Å²) >= 11 is 0. The maximum atomic E-state index is 12.6. The van der Waals surface area contributed by atoms with Crippen LogP contribution < -0.4 is 16.6 Å². The molecule has 1 aromatic carbocycles. The van der Waals surface area contributed by atoms with E-state index in [-0.39, 0.29) is 28.5 Å². The van der Waals surface area contributed by atoms with Crippen LogP contribution in [0.2, 0.25) is 0 Å². The van der Waals surface area contributed by atoms with E-state index in [1.807, 2.05) is 38.1 Å². The second-order valence-electron chi connectivity index (χ2n) is 6.35. The normalized spacial score (nSPS) is 12.2. The molecule has 1 N–H and O–H groups in total. The van der Waals surface area contributed by atoms with E-state index in [2.05, 4.69) is 10.3 Å². The Hall–Kier alpha value is -3.22. The van der Waals surface area contributed by atoms with Crippen molar-refractivity contribution in [3.63, 3.8) is 0 Å². The minimum Gasteiger partial charge on any atom is -0.345 e. The lowest BCUT2D eigenvalue weighted by Crippen LogP contribution is -2.37. The number of nitrogens with zero attached hydrogens (tertiary/aromatic N) is 3. The van der Waals surface area contributed by atoms with Crippen LogP contribution in [0, 0.1) is 6.92 Å². The van der Waals surface area contributed by atoms with Gasteiger partial charge in [-0.15, -0.1) is 0 Å². The molecule has 1 unspecified atom stereocenters. The molecular weight excluding hydrogens is 332 g/mol. The highest BCUT2D eigenvalue weighted by molar-refractivity contribution is 5.96. The summed E-state index contributed by atoms with van der Waals surface area (Å²) in [6.45, 7) is 3.89. The zero-order valence-electron chi connectivity index (χ0n) is 15.1. The smallest absolute Gasteiger partial charge is 0.332 e. The number of aromatic nitrogens is 3. The van der Waals surface area contributed by atoms with Crippen LogP contribution in [0.5, 0.6) is 0 Å². The average molecular weight is 352 g/mol. The van der Waals surface area contributed by atoms with Gasteiger partial charge in [-0.3, -0.25) is 18.7 Å². The van der Waals surface area contributed by atoms with E-state index in [0.717, 1.165) is 15.7 Å². The number of carbonyl (C=O) groups excluding carboxylic acids is 1. The second-order valence-corrected chi connectivity index (χ2v) is 6.35. The van der Waals surface area contributed by atoms with Crippen molar-refractivity contribution in [1.82, 2.24) is 19.4 Å². The molecule has 0 spiro atoms. The van der Waals surface area contributed by atoms with E-state index in [4.69, 9.17) is 0 Å². The fourth-order valence-corrected chi connectivity index (χ4v) is 3.02. The van der Waals surface area contributed by atoms with Crippen LogP contribution in [0.4, 0.5) is 0 Å². The molecule has 3 aromatic rings. The van der Waals surface area contributed by atoms with Crippen LogP contribution in [0.25, 0.3) is 11.0 Å². The number of hydrogen-bond donors (Lipinski definition) is 1. The summed E-state index contributed by atoms with van der Waals surface area (Å²) in [6, 6.07) is 9.10. The predicted molar refractivity (Wildman–Crippen MR) is 99.3 cm³/mol. The zero-order chi connectivity index (χ0) is 19.0. The first-order valence-corrected chi connectivity index (χ1v) is 8.23. The molecular formula is C19H20N4O3. The maximum Gasteiger partial charge on any atom is 0.332 e. The van der Waals surface area contributed by atoms with Gasteiger partial charge in [-0.05, 0) is 31.0 Å². The monoisotopic (exact) mass is 352 g/mol. The number of nitrogens with one attached hydrogen (secondary N) is 1. The van der Waals surface area contributed by atoms with E-state index in [9.17, 15) is 14.4 Å². The summed E-state index contributed by atoms with van der Waals surface area (Å²) in [4.78, 5) is 41.1. The highest BCUT2D eigenvalue weighted by atomic mass is 16.2. The van der Waals surface area contributed by atoms with Gasteiger partial charge < -0.3 is 5.32 Å². The molecule has 134 valence electrons. The Labute approximate surface area is 149 Å². The number of rotatable bonds is 3. The molecule has 7 heteroatoms. The summed E-state index contributed by atoms with van der Waals surface area (Å²) in [5.41, 5.74) is 1.70. The Morgan fingerprint density at radius 3 is 2.54 bits per heavy atom. The SMILES string of the molecule is Cc1ccccc1C(C)NC(=O)c1cnc2c(c1)c(=O)n(C)c(=O)n2C. The van der Waals surface area contributed by atoms with E-state index in [1.54, 1.807) is 0 Å². The minimum atomic E-state index is -0.475. The summed E-state index contributed by atoms with van der Waals surface area (Å²) < 4.78 is 2.29. The number of pyridine rings is 1. The summed E-state index contributed by atoms with van der Waals surface area (Å²) in [5, 5.41) is 3.15. The largest absolute Gasteiger partial charge is 0.345 e. The topological polar surface area (TPSA) is 86.0 Å². The Balaban J connectivity index is 1.98. The van der Waals surface area contributed by atoms with E-state index in [1.165, 1.54) is 30.9 Å². The van der Waals surface area contributed by atoms with Crippen LogP contribution in [-0.4, -0.2) is 20.0 Å². The Bertz CT molecular complexity index is 1130. The van der Waals surface area contributed by atoms with Crippen molar-refractivity contribution >= 4 is 16.9 Å². The first-order chi connectivity index (χ1) is 12.3. The molecule has 0 aliphatic carbocycles. The molecule has 0 aliphatic heterocycles. The van der Waals surface area contributed by atoms with Gasteiger partial charge >= 0.3 is 5.69 Å². The van der Waals surface area contributed by atoms with Crippen molar-refractivity contribution in [1.29, 1.82) is 0 Å². The highest BCUT2D eigenvalue weighted by Crippen LogP contribution is 2.17. The van der Waals surface area contributed by atoms with E-state index in [0.29, 0.717) is 0 Å². The van der Waals surface area contributed by atoms with Gasteiger partial charge in [0.2, 0.25) is 0 Å². The van der Waals surface area contributed by atoms with Crippen molar-refractivity contribution in [2.75, 3.05) is 0 Å². The van der Waals surface area contributed by atoms with Crippen LogP contribution in [-0.2, 0) is 14.1 Å². The number of benzene rings is 1. The lowest BCUT2D eigenvalue weighted by atomic mass is 10.0. The number of carbonyl (C=O) groups is 1. The van der Waals surface area contributed by atoms with Gasteiger partial charge in [0.25, 0.3) is 11.5 Å². The van der Waals surface area contributed by atoms with Gasteiger partial charge in [0.15, 0.2) is 0 Å². The van der Waals surface area contributed by atoms with Gasteiger partial charge in [-0.25, -0.2) is 9.78 Å². The molecule has 2 heterocycles. The van der Waals surface area contributed by atoms with Gasteiger partial charge in [-0.2, -0.15) is 0 Å². The number of fused-ring (bicyclic) bond motifs is 1. The molecule has 0 saturated heterocycles. The molecule has 26 heavy (non-hydrogen) atoms.